The van der Waals surface area contributed by atoms with Crippen LogP contribution in [0.15, 0.2) is 66.9 Å². The van der Waals surface area contributed by atoms with E-state index in [0.717, 1.165) is 5.69 Å². The van der Waals surface area contributed by atoms with Crippen molar-refractivity contribution in [2.75, 3.05) is 18.5 Å². The molecule has 0 aliphatic rings. The van der Waals surface area contributed by atoms with Gasteiger partial charge in [0.25, 0.3) is 0 Å². The summed E-state index contributed by atoms with van der Waals surface area (Å²) in [5.41, 5.74) is 1.51. The van der Waals surface area contributed by atoms with Gasteiger partial charge in [-0.3, -0.25) is 4.79 Å². The summed E-state index contributed by atoms with van der Waals surface area (Å²) in [6.07, 6.45) is 3.10. The Labute approximate surface area is 123 Å². The van der Waals surface area contributed by atoms with Crippen LogP contribution in [0.2, 0.25) is 0 Å². The zero-order valence-electron chi connectivity index (χ0n) is 11.5. The van der Waals surface area contributed by atoms with E-state index in [4.69, 9.17) is 9.84 Å². The quantitative estimate of drug-likeness (QED) is 0.606. The van der Waals surface area contributed by atoms with Gasteiger partial charge in [-0.15, -0.1) is 0 Å². The molecule has 0 saturated carbocycles. The van der Waals surface area contributed by atoms with Gasteiger partial charge in [-0.1, -0.05) is 30.3 Å². The number of nitrogens with one attached hydrogen (secondary N) is 1. The number of aliphatic hydroxyl groups excluding tert-OH is 1. The lowest BCUT2D eigenvalue weighted by Gasteiger charge is -2.05. The van der Waals surface area contributed by atoms with E-state index in [9.17, 15) is 4.79 Å². The SMILES string of the molecule is O=C(/C=C/Nc1ccc(OCCO)cc1)c1ccccc1. The molecule has 0 fully saturated rings. The molecule has 0 amide bonds. The van der Waals surface area contributed by atoms with Crippen molar-refractivity contribution < 1.29 is 14.6 Å². The summed E-state index contributed by atoms with van der Waals surface area (Å²) < 4.78 is 5.26. The highest BCUT2D eigenvalue weighted by atomic mass is 16.5. The second kappa shape index (κ2) is 7.87. The van der Waals surface area contributed by atoms with E-state index in [1.807, 2.05) is 30.3 Å². The molecule has 0 aliphatic carbocycles. The molecule has 4 heteroatoms. The highest BCUT2D eigenvalue weighted by Gasteiger charge is 1.99. The van der Waals surface area contributed by atoms with Gasteiger partial charge >= 0.3 is 0 Å². The summed E-state index contributed by atoms with van der Waals surface area (Å²) in [5.74, 6) is 0.643. The summed E-state index contributed by atoms with van der Waals surface area (Å²) in [5, 5.41) is 11.7. The number of ether oxygens (including phenoxy) is 1. The van der Waals surface area contributed by atoms with Crippen LogP contribution in [-0.4, -0.2) is 24.1 Å². The fourth-order valence-corrected chi connectivity index (χ4v) is 1.72. The maximum Gasteiger partial charge on any atom is 0.187 e. The number of anilines is 1. The average molecular weight is 283 g/mol. The average Bonchev–Trinajstić information content (AvgIpc) is 2.55. The fourth-order valence-electron chi connectivity index (χ4n) is 1.72. The lowest BCUT2D eigenvalue weighted by molar-refractivity contribution is 0.104. The Morgan fingerprint density at radius 3 is 2.48 bits per heavy atom. The number of hydrogen-bond acceptors (Lipinski definition) is 4. The predicted octanol–water partition coefficient (Wildman–Crippen LogP) is 2.87. The maximum absolute atomic E-state index is 11.8. The summed E-state index contributed by atoms with van der Waals surface area (Å²) in [6.45, 7) is 0.266. The largest absolute Gasteiger partial charge is 0.491 e. The second-order valence-corrected chi connectivity index (χ2v) is 4.30. The van der Waals surface area contributed by atoms with Gasteiger partial charge in [0.2, 0.25) is 0 Å². The van der Waals surface area contributed by atoms with E-state index in [1.165, 1.54) is 6.08 Å². The van der Waals surface area contributed by atoms with Crippen molar-refractivity contribution in [3.8, 4) is 5.75 Å². The molecule has 0 atom stereocenters. The van der Waals surface area contributed by atoms with Crippen LogP contribution in [0.5, 0.6) is 5.75 Å². The first-order valence-electron chi connectivity index (χ1n) is 6.66. The number of hydrogen-bond donors (Lipinski definition) is 2. The van der Waals surface area contributed by atoms with Crippen LogP contribution >= 0.6 is 0 Å². The minimum Gasteiger partial charge on any atom is -0.491 e. The smallest absolute Gasteiger partial charge is 0.187 e. The Kier molecular flexibility index (Phi) is 5.55. The van der Waals surface area contributed by atoms with Crippen molar-refractivity contribution in [3.63, 3.8) is 0 Å². The lowest BCUT2D eigenvalue weighted by atomic mass is 10.1. The van der Waals surface area contributed by atoms with Gasteiger partial charge < -0.3 is 15.2 Å². The summed E-state index contributed by atoms with van der Waals surface area (Å²) >= 11 is 0. The summed E-state index contributed by atoms with van der Waals surface area (Å²) in [7, 11) is 0. The van der Waals surface area contributed by atoms with Crippen LogP contribution in [0, 0.1) is 0 Å². The standard InChI is InChI=1S/C17H17NO3/c19-12-13-21-16-8-6-15(7-9-16)18-11-10-17(20)14-4-2-1-3-5-14/h1-11,18-19H,12-13H2/b11-10+. The molecule has 0 heterocycles. The zero-order chi connectivity index (χ0) is 14.9. The molecule has 0 aliphatic heterocycles. The molecule has 108 valence electrons. The number of aliphatic hydroxyl groups is 1. The van der Waals surface area contributed by atoms with Gasteiger partial charge in [0.1, 0.15) is 12.4 Å². The van der Waals surface area contributed by atoms with Gasteiger partial charge in [-0.05, 0) is 24.3 Å². The van der Waals surface area contributed by atoms with E-state index in [-0.39, 0.29) is 19.0 Å². The van der Waals surface area contributed by atoms with Gasteiger partial charge in [0, 0.05) is 23.5 Å². The van der Waals surface area contributed by atoms with Crippen molar-refractivity contribution in [1.29, 1.82) is 0 Å². The number of carbonyl (C=O) groups excluding carboxylic acids is 1. The fraction of sp³-hybridized carbons (Fsp3) is 0.118. The topological polar surface area (TPSA) is 58.6 Å². The summed E-state index contributed by atoms with van der Waals surface area (Å²) in [6, 6.07) is 16.4. The summed E-state index contributed by atoms with van der Waals surface area (Å²) in [4.78, 5) is 11.8. The zero-order valence-corrected chi connectivity index (χ0v) is 11.5. The van der Waals surface area contributed by atoms with Crippen molar-refractivity contribution in [2.45, 2.75) is 0 Å². The maximum atomic E-state index is 11.8. The third-order valence-electron chi connectivity index (χ3n) is 2.76. The third-order valence-corrected chi connectivity index (χ3v) is 2.76. The van der Waals surface area contributed by atoms with Crippen LogP contribution in [0.3, 0.4) is 0 Å². The Hall–Kier alpha value is -2.59. The van der Waals surface area contributed by atoms with Gasteiger partial charge in [-0.2, -0.15) is 0 Å². The number of rotatable bonds is 7. The molecule has 21 heavy (non-hydrogen) atoms. The number of carbonyl (C=O) groups is 1. The Morgan fingerprint density at radius 2 is 1.81 bits per heavy atom. The molecule has 0 bridgehead atoms. The molecule has 2 aromatic carbocycles. The van der Waals surface area contributed by atoms with Crippen molar-refractivity contribution >= 4 is 11.5 Å². The second-order valence-electron chi connectivity index (χ2n) is 4.30. The minimum atomic E-state index is -0.0500. The first-order chi connectivity index (χ1) is 10.3. The van der Waals surface area contributed by atoms with E-state index < -0.39 is 0 Å². The Morgan fingerprint density at radius 1 is 1.10 bits per heavy atom. The predicted molar refractivity (Wildman–Crippen MR) is 82.6 cm³/mol. The molecule has 2 rings (SSSR count). The first-order valence-corrected chi connectivity index (χ1v) is 6.66. The minimum absolute atomic E-state index is 0.00959. The van der Waals surface area contributed by atoms with E-state index >= 15 is 0 Å². The third kappa shape index (κ3) is 4.78. The number of benzene rings is 2. The van der Waals surface area contributed by atoms with Crippen molar-refractivity contribution in [2.24, 2.45) is 0 Å². The van der Waals surface area contributed by atoms with Gasteiger partial charge in [0.15, 0.2) is 5.78 Å². The number of allylic oxidation sites excluding steroid dienone is 1. The molecular formula is C17H17NO3. The monoisotopic (exact) mass is 283 g/mol. The molecule has 2 N–H and O–H groups in total. The van der Waals surface area contributed by atoms with Crippen LogP contribution < -0.4 is 10.1 Å². The molecule has 0 aromatic heterocycles. The van der Waals surface area contributed by atoms with Gasteiger partial charge in [0.05, 0.1) is 6.61 Å². The van der Waals surface area contributed by atoms with E-state index in [1.54, 1.807) is 30.5 Å². The first kappa shape index (κ1) is 14.8. The van der Waals surface area contributed by atoms with Crippen LogP contribution in [0.4, 0.5) is 5.69 Å². The Balaban J connectivity index is 1.88. The van der Waals surface area contributed by atoms with E-state index in [0.29, 0.717) is 11.3 Å². The molecule has 0 radical (unpaired) electrons. The van der Waals surface area contributed by atoms with Crippen molar-refractivity contribution in [3.05, 3.63) is 72.4 Å². The highest BCUT2D eigenvalue weighted by molar-refractivity contribution is 6.04. The molecule has 0 spiro atoms. The van der Waals surface area contributed by atoms with Crippen LogP contribution in [0.25, 0.3) is 0 Å². The lowest BCUT2D eigenvalue weighted by Crippen LogP contribution is -2.01. The molecule has 2 aromatic rings. The molecule has 0 saturated heterocycles. The number of ketones is 1. The van der Waals surface area contributed by atoms with E-state index in [2.05, 4.69) is 5.32 Å². The molecule has 4 nitrogen and oxygen atoms in total. The van der Waals surface area contributed by atoms with Crippen LogP contribution in [0.1, 0.15) is 10.4 Å². The molecule has 0 unspecified atom stereocenters. The highest BCUT2D eigenvalue weighted by Crippen LogP contribution is 2.15. The van der Waals surface area contributed by atoms with Gasteiger partial charge in [-0.25, -0.2) is 0 Å². The van der Waals surface area contributed by atoms with Crippen LogP contribution in [-0.2, 0) is 0 Å². The normalized spacial score (nSPS) is 10.5. The Bertz CT molecular complexity index is 591. The molecular weight excluding hydrogens is 266 g/mol. The van der Waals surface area contributed by atoms with Crippen molar-refractivity contribution in [1.82, 2.24) is 0 Å².